The van der Waals surface area contributed by atoms with Gasteiger partial charge in [-0.3, -0.25) is 4.90 Å². The van der Waals surface area contributed by atoms with E-state index >= 15 is 0 Å². The molecule has 0 unspecified atom stereocenters. The highest BCUT2D eigenvalue weighted by Crippen LogP contribution is 2.42. The quantitative estimate of drug-likeness (QED) is 0.705. The molecule has 0 N–H and O–H groups in total. The van der Waals surface area contributed by atoms with Crippen LogP contribution in [0.3, 0.4) is 0 Å². The third kappa shape index (κ3) is 3.98. The minimum atomic E-state index is 0.161. The molecule has 1 aliphatic carbocycles. The van der Waals surface area contributed by atoms with Gasteiger partial charge in [-0.15, -0.1) is 0 Å². The van der Waals surface area contributed by atoms with Crippen molar-refractivity contribution in [3.8, 4) is 0 Å². The fourth-order valence-electron chi connectivity index (χ4n) is 4.24. The summed E-state index contributed by atoms with van der Waals surface area (Å²) in [6.07, 6.45) is 7.59. The number of ether oxygens (including phenoxy) is 2. The van der Waals surface area contributed by atoms with Crippen molar-refractivity contribution in [2.24, 2.45) is 11.8 Å². The molecule has 3 fully saturated rings. The summed E-state index contributed by atoms with van der Waals surface area (Å²) in [4.78, 5) is 2.59. The van der Waals surface area contributed by atoms with Crippen molar-refractivity contribution in [3.05, 3.63) is 22.4 Å². The van der Waals surface area contributed by atoms with Gasteiger partial charge in [0.2, 0.25) is 0 Å². The molecule has 0 radical (unpaired) electrons. The zero-order valence-corrected chi connectivity index (χ0v) is 14.9. The molecule has 1 saturated carbocycles. The summed E-state index contributed by atoms with van der Waals surface area (Å²) in [5.41, 5.74) is 1.62. The van der Waals surface area contributed by atoms with Crippen LogP contribution in [0.2, 0.25) is 0 Å². The zero-order chi connectivity index (χ0) is 15.5. The number of likely N-dealkylation sites (tertiary alicyclic amines) is 1. The molecule has 1 spiro atoms. The maximum atomic E-state index is 6.29. The molecule has 3 nitrogen and oxygen atoms in total. The molecule has 3 heterocycles. The molecule has 1 aromatic heterocycles. The van der Waals surface area contributed by atoms with E-state index < -0.39 is 0 Å². The van der Waals surface area contributed by atoms with Gasteiger partial charge < -0.3 is 9.47 Å². The molecule has 1 aromatic rings. The van der Waals surface area contributed by atoms with E-state index in [1.54, 1.807) is 11.3 Å². The van der Waals surface area contributed by atoms with Crippen LogP contribution in [0, 0.1) is 11.8 Å². The van der Waals surface area contributed by atoms with Crippen molar-refractivity contribution >= 4 is 11.3 Å². The van der Waals surface area contributed by atoms with E-state index in [4.69, 9.17) is 9.47 Å². The fraction of sp³-hybridized carbons (Fsp3) is 0.789. The second-order valence-corrected chi connectivity index (χ2v) is 8.39. The number of thiophene rings is 1. The minimum absolute atomic E-state index is 0.161. The van der Waals surface area contributed by atoms with Crippen LogP contribution in [0.1, 0.15) is 44.1 Å². The molecule has 2 saturated heterocycles. The Morgan fingerprint density at radius 2 is 2.13 bits per heavy atom. The predicted octanol–water partition coefficient (Wildman–Crippen LogP) is 3.94. The van der Waals surface area contributed by atoms with E-state index in [-0.39, 0.29) is 5.60 Å². The second-order valence-electron chi connectivity index (χ2n) is 7.61. The zero-order valence-electron chi connectivity index (χ0n) is 14.0. The predicted molar refractivity (Wildman–Crippen MR) is 93.8 cm³/mol. The number of nitrogens with zero attached hydrogens (tertiary/aromatic N) is 1. The molecule has 4 heteroatoms. The summed E-state index contributed by atoms with van der Waals surface area (Å²) < 4.78 is 12.2. The average Bonchev–Trinajstić information content (AvgIpc) is 3.10. The first-order valence-electron chi connectivity index (χ1n) is 9.29. The third-order valence-electron chi connectivity index (χ3n) is 5.95. The van der Waals surface area contributed by atoms with Crippen LogP contribution >= 0.6 is 11.3 Å². The summed E-state index contributed by atoms with van der Waals surface area (Å²) >= 11 is 1.80. The van der Waals surface area contributed by atoms with E-state index in [1.165, 1.54) is 57.2 Å². The summed E-state index contributed by atoms with van der Waals surface area (Å²) in [7, 11) is 0. The Morgan fingerprint density at radius 3 is 2.87 bits per heavy atom. The highest BCUT2D eigenvalue weighted by Gasteiger charge is 2.45. The van der Waals surface area contributed by atoms with Crippen molar-refractivity contribution in [1.82, 2.24) is 4.90 Å². The molecule has 1 atom stereocenters. The molecular weight excluding hydrogens is 306 g/mol. The first-order valence-corrected chi connectivity index (χ1v) is 10.2. The van der Waals surface area contributed by atoms with Gasteiger partial charge in [0, 0.05) is 39.5 Å². The van der Waals surface area contributed by atoms with Gasteiger partial charge in [0.15, 0.2) is 0 Å². The highest BCUT2D eigenvalue weighted by atomic mass is 32.1. The topological polar surface area (TPSA) is 21.7 Å². The van der Waals surface area contributed by atoms with Crippen LogP contribution in [0.4, 0.5) is 0 Å². The number of hydrogen-bond acceptors (Lipinski definition) is 4. The molecule has 4 rings (SSSR count). The van der Waals surface area contributed by atoms with Gasteiger partial charge in [0.25, 0.3) is 0 Å². The van der Waals surface area contributed by atoms with Crippen LogP contribution in [0.25, 0.3) is 0 Å². The summed E-state index contributed by atoms with van der Waals surface area (Å²) in [6.45, 7) is 6.34. The van der Waals surface area contributed by atoms with E-state index in [0.717, 1.165) is 32.3 Å². The largest absolute Gasteiger partial charge is 0.381 e. The molecule has 3 aliphatic rings. The van der Waals surface area contributed by atoms with Crippen molar-refractivity contribution in [2.75, 3.05) is 32.9 Å². The van der Waals surface area contributed by atoms with Gasteiger partial charge in [0.1, 0.15) is 0 Å². The number of rotatable bonds is 7. The summed E-state index contributed by atoms with van der Waals surface area (Å²) in [5.74, 6) is 1.59. The Morgan fingerprint density at radius 1 is 1.26 bits per heavy atom. The summed E-state index contributed by atoms with van der Waals surface area (Å²) in [6, 6.07) is 2.25. The van der Waals surface area contributed by atoms with Gasteiger partial charge in [-0.1, -0.05) is 0 Å². The fourth-order valence-corrected chi connectivity index (χ4v) is 4.90. The molecule has 2 aliphatic heterocycles. The van der Waals surface area contributed by atoms with Crippen molar-refractivity contribution in [2.45, 2.75) is 50.7 Å². The lowest BCUT2D eigenvalue weighted by Gasteiger charge is -2.42. The molecule has 128 valence electrons. The smallest absolute Gasteiger partial charge is 0.0736 e. The maximum absolute atomic E-state index is 6.29. The van der Waals surface area contributed by atoms with Gasteiger partial charge in [-0.05, 0) is 72.8 Å². The van der Waals surface area contributed by atoms with Crippen molar-refractivity contribution in [1.29, 1.82) is 0 Å². The Bertz CT molecular complexity index is 478. The van der Waals surface area contributed by atoms with Crippen LogP contribution in [0.15, 0.2) is 16.8 Å². The van der Waals surface area contributed by atoms with Gasteiger partial charge >= 0.3 is 0 Å². The Labute approximate surface area is 144 Å². The Hall–Kier alpha value is -0.420. The lowest BCUT2D eigenvalue weighted by atomic mass is 9.78. The Balaban J connectivity index is 1.24. The third-order valence-corrected chi connectivity index (χ3v) is 6.68. The molecule has 0 amide bonds. The van der Waals surface area contributed by atoms with Crippen molar-refractivity contribution in [3.63, 3.8) is 0 Å². The first kappa shape index (κ1) is 16.1. The highest BCUT2D eigenvalue weighted by molar-refractivity contribution is 7.07. The molecule has 0 aromatic carbocycles. The minimum Gasteiger partial charge on any atom is -0.381 e. The first-order chi connectivity index (χ1) is 11.3. The molecule has 0 bridgehead atoms. The van der Waals surface area contributed by atoms with E-state index in [0.29, 0.717) is 5.92 Å². The van der Waals surface area contributed by atoms with E-state index in [9.17, 15) is 0 Å². The van der Waals surface area contributed by atoms with Crippen LogP contribution in [0.5, 0.6) is 0 Å². The van der Waals surface area contributed by atoms with Gasteiger partial charge in [0.05, 0.1) is 5.60 Å². The summed E-state index contributed by atoms with van der Waals surface area (Å²) in [5, 5.41) is 4.45. The van der Waals surface area contributed by atoms with Crippen LogP contribution in [-0.4, -0.2) is 43.4 Å². The SMILES string of the molecule is c1cc(CN2CCC3(CC2)OCC[C@H]3CCOCC2CC2)cs1. The average molecular weight is 336 g/mol. The van der Waals surface area contributed by atoms with Gasteiger partial charge in [-0.25, -0.2) is 0 Å². The lowest BCUT2D eigenvalue weighted by molar-refractivity contribution is -0.0731. The normalized spacial score (nSPS) is 27.7. The molecular formula is C19H29NO2S. The van der Waals surface area contributed by atoms with E-state index in [1.807, 2.05) is 0 Å². The monoisotopic (exact) mass is 335 g/mol. The number of piperidine rings is 1. The Kier molecular flexibility index (Phi) is 5.04. The molecule has 23 heavy (non-hydrogen) atoms. The van der Waals surface area contributed by atoms with Crippen LogP contribution in [-0.2, 0) is 16.0 Å². The van der Waals surface area contributed by atoms with Gasteiger partial charge in [-0.2, -0.15) is 11.3 Å². The second kappa shape index (κ2) is 7.22. The maximum Gasteiger partial charge on any atom is 0.0736 e. The van der Waals surface area contributed by atoms with Crippen LogP contribution < -0.4 is 0 Å². The lowest BCUT2D eigenvalue weighted by Crippen LogP contribution is -2.47. The van der Waals surface area contributed by atoms with Crippen molar-refractivity contribution < 1.29 is 9.47 Å². The van der Waals surface area contributed by atoms with E-state index in [2.05, 4.69) is 21.7 Å². The standard InChI is InChI=1S/C19H29NO2S/c1-2-16(1)14-21-10-3-18-4-11-22-19(18)6-8-20(9-7-19)13-17-5-12-23-15-17/h5,12,15-16,18H,1-4,6-11,13-14H2/t18-/m1/s1. The number of hydrogen-bond donors (Lipinski definition) is 0.